The second-order valence-corrected chi connectivity index (χ2v) is 9.88. The van der Waals surface area contributed by atoms with Gasteiger partial charge in [0.15, 0.2) is 22.4 Å². The smallest absolute Gasteiger partial charge is 0.269 e. The summed E-state index contributed by atoms with van der Waals surface area (Å²) in [6, 6.07) is 11.7. The highest BCUT2D eigenvalue weighted by Gasteiger charge is 2.38. The Morgan fingerprint density at radius 2 is 1.92 bits per heavy atom. The number of nitrogens with zero attached hydrogens (tertiary/aromatic N) is 2. The number of benzene rings is 2. The van der Waals surface area contributed by atoms with E-state index in [1.54, 1.807) is 25.3 Å². The fourth-order valence-corrected chi connectivity index (χ4v) is 5.66. The lowest BCUT2D eigenvalue weighted by Crippen LogP contribution is -2.32. The second-order valence-electron chi connectivity index (χ2n) is 8.92. The van der Waals surface area contributed by atoms with Gasteiger partial charge in [0.2, 0.25) is 0 Å². The summed E-state index contributed by atoms with van der Waals surface area (Å²) in [6.07, 6.45) is 1.84. The van der Waals surface area contributed by atoms with Gasteiger partial charge < -0.3 is 19.8 Å². The van der Waals surface area contributed by atoms with Gasteiger partial charge in [-0.3, -0.25) is 19.7 Å². The van der Waals surface area contributed by atoms with E-state index in [4.69, 9.17) is 14.5 Å². The van der Waals surface area contributed by atoms with Crippen molar-refractivity contribution in [3.63, 3.8) is 0 Å². The molecule has 3 aromatic rings. The Hall–Kier alpha value is -4.12. The molecule has 0 saturated carbocycles. The van der Waals surface area contributed by atoms with Crippen LogP contribution in [0.5, 0.6) is 11.5 Å². The third-order valence-corrected chi connectivity index (χ3v) is 7.52. The zero-order chi connectivity index (χ0) is 26.8. The number of hydrogen-bond acceptors (Lipinski definition) is 9. The zero-order valence-corrected chi connectivity index (χ0v) is 21.7. The van der Waals surface area contributed by atoms with Crippen molar-refractivity contribution in [2.24, 2.45) is 0 Å². The van der Waals surface area contributed by atoms with Crippen LogP contribution in [0.15, 0.2) is 63.7 Å². The van der Waals surface area contributed by atoms with E-state index in [-0.39, 0.29) is 17.0 Å². The van der Waals surface area contributed by atoms with Crippen LogP contribution in [0.25, 0.3) is 0 Å². The molecule has 1 aliphatic carbocycles. The molecule has 10 nitrogen and oxygen atoms in total. The van der Waals surface area contributed by atoms with Gasteiger partial charge in [0.1, 0.15) is 5.82 Å². The molecule has 0 amide bonds. The number of H-pyrrole nitrogens is 1. The lowest BCUT2D eigenvalue weighted by Gasteiger charge is -2.33. The molecule has 1 atom stereocenters. The van der Waals surface area contributed by atoms with Gasteiger partial charge in [0.25, 0.3) is 11.2 Å². The SMILES string of the molecule is CCOc1ccc(C2C3=C(CCCC3=O)Nc3nc(SCc4ccc([N+](=O)[O-])cc4)[nH]c(=O)c32)cc1OC. The standard InChI is InChI=1S/C27H26N4O6S/c1-3-37-20-12-9-16(13-21(20)36-2)22-23-18(5-4-6-19(23)32)28-25-24(22)26(33)30-27(29-25)38-14-15-7-10-17(11-8-15)31(34)35/h7-13,22H,3-6,14H2,1-2H3,(H2,28,29,30,33). The number of ketones is 1. The molecule has 2 aromatic carbocycles. The van der Waals surface area contributed by atoms with Gasteiger partial charge in [-0.1, -0.05) is 30.0 Å². The third kappa shape index (κ3) is 4.89. The predicted octanol–water partition coefficient (Wildman–Crippen LogP) is 4.94. The van der Waals surface area contributed by atoms with E-state index in [0.29, 0.717) is 58.8 Å². The molecule has 38 heavy (non-hydrogen) atoms. The van der Waals surface area contributed by atoms with E-state index >= 15 is 0 Å². The summed E-state index contributed by atoms with van der Waals surface area (Å²) in [5.74, 6) is 1.41. The maximum absolute atomic E-state index is 13.5. The molecule has 11 heteroatoms. The van der Waals surface area contributed by atoms with Crippen LogP contribution >= 0.6 is 11.8 Å². The summed E-state index contributed by atoms with van der Waals surface area (Å²) in [5.41, 5.74) is 3.04. The van der Waals surface area contributed by atoms with Crippen molar-refractivity contribution < 1.29 is 19.2 Å². The van der Waals surface area contributed by atoms with Crippen LogP contribution in [0, 0.1) is 10.1 Å². The fraction of sp³-hybridized carbons (Fsp3) is 0.296. The number of carbonyl (C=O) groups is 1. The molecule has 1 aromatic heterocycles. The predicted molar refractivity (Wildman–Crippen MR) is 143 cm³/mol. The number of aromatic nitrogens is 2. The Kier molecular flexibility index (Phi) is 7.19. The molecule has 0 saturated heterocycles. The molecule has 2 heterocycles. The van der Waals surface area contributed by atoms with Gasteiger partial charge in [-0.2, -0.15) is 0 Å². The Morgan fingerprint density at radius 1 is 1.13 bits per heavy atom. The van der Waals surface area contributed by atoms with Gasteiger partial charge in [0, 0.05) is 41.5 Å². The number of methoxy groups -OCH3 is 1. The number of fused-ring (bicyclic) bond motifs is 1. The number of anilines is 1. The number of allylic oxidation sites excluding steroid dienone is 2. The molecule has 0 bridgehead atoms. The molecule has 0 radical (unpaired) electrons. The number of carbonyl (C=O) groups excluding carboxylic acids is 1. The molecule has 1 aliphatic heterocycles. The lowest BCUT2D eigenvalue weighted by molar-refractivity contribution is -0.384. The fourth-order valence-electron chi connectivity index (χ4n) is 4.85. The number of rotatable bonds is 8. The van der Waals surface area contributed by atoms with Crippen molar-refractivity contribution in [1.82, 2.24) is 9.97 Å². The summed E-state index contributed by atoms with van der Waals surface area (Å²) in [6.45, 7) is 2.36. The van der Waals surface area contributed by atoms with Gasteiger partial charge in [-0.05, 0) is 43.0 Å². The Balaban J connectivity index is 1.52. The molecular formula is C27H26N4O6S. The Labute approximate surface area is 222 Å². The highest BCUT2D eigenvalue weighted by Crippen LogP contribution is 2.45. The number of nitro groups is 1. The molecule has 2 aliphatic rings. The Bertz CT molecular complexity index is 1500. The van der Waals surface area contributed by atoms with Crippen LogP contribution in [-0.2, 0) is 10.5 Å². The highest BCUT2D eigenvalue weighted by atomic mass is 32.2. The molecule has 0 fully saturated rings. The van der Waals surface area contributed by atoms with Gasteiger partial charge in [-0.15, -0.1) is 0 Å². The van der Waals surface area contributed by atoms with Crippen LogP contribution < -0.4 is 20.3 Å². The van der Waals surface area contributed by atoms with Crippen molar-refractivity contribution in [2.75, 3.05) is 19.0 Å². The van der Waals surface area contributed by atoms with Gasteiger partial charge in [-0.25, -0.2) is 4.98 Å². The van der Waals surface area contributed by atoms with Crippen LogP contribution in [0.1, 0.15) is 48.8 Å². The average Bonchev–Trinajstić information content (AvgIpc) is 2.91. The maximum Gasteiger partial charge on any atom is 0.269 e. The number of hydrogen-bond donors (Lipinski definition) is 2. The van der Waals surface area contributed by atoms with E-state index in [0.717, 1.165) is 23.2 Å². The third-order valence-electron chi connectivity index (χ3n) is 6.58. The first-order valence-corrected chi connectivity index (χ1v) is 13.2. The molecule has 2 N–H and O–H groups in total. The van der Waals surface area contributed by atoms with Crippen molar-refractivity contribution >= 4 is 29.1 Å². The zero-order valence-electron chi connectivity index (χ0n) is 20.9. The lowest BCUT2D eigenvalue weighted by atomic mass is 9.76. The number of Topliss-reactive ketones (excluding diaryl/α,β-unsaturated/α-hetero) is 1. The van der Waals surface area contributed by atoms with Crippen molar-refractivity contribution in [1.29, 1.82) is 0 Å². The average molecular weight is 535 g/mol. The molecule has 1 unspecified atom stereocenters. The summed E-state index contributed by atoms with van der Waals surface area (Å²) >= 11 is 1.32. The topological polar surface area (TPSA) is 136 Å². The van der Waals surface area contributed by atoms with Gasteiger partial charge >= 0.3 is 0 Å². The summed E-state index contributed by atoms with van der Waals surface area (Å²) in [5, 5.41) is 14.6. The van der Waals surface area contributed by atoms with Crippen LogP contribution in [0.2, 0.25) is 0 Å². The van der Waals surface area contributed by atoms with E-state index in [2.05, 4.69) is 10.3 Å². The quantitative estimate of drug-likeness (QED) is 0.178. The minimum atomic E-state index is -0.594. The summed E-state index contributed by atoms with van der Waals surface area (Å²) in [4.78, 5) is 44.6. The van der Waals surface area contributed by atoms with Crippen LogP contribution in [-0.4, -0.2) is 34.4 Å². The number of non-ortho nitro benzene ring substituents is 1. The Morgan fingerprint density at radius 3 is 2.63 bits per heavy atom. The summed E-state index contributed by atoms with van der Waals surface area (Å²) in [7, 11) is 1.55. The molecular weight excluding hydrogens is 508 g/mol. The normalized spacial score (nSPS) is 16.4. The number of nitrogens with one attached hydrogen (secondary N) is 2. The first kappa shape index (κ1) is 25.5. The minimum absolute atomic E-state index is 0.0123. The molecule has 5 rings (SSSR count). The monoisotopic (exact) mass is 534 g/mol. The van der Waals surface area contributed by atoms with E-state index < -0.39 is 10.8 Å². The number of nitro benzene ring substituents is 1. The first-order chi connectivity index (χ1) is 18.4. The highest BCUT2D eigenvalue weighted by molar-refractivity contribution is 7.98. The summed E-state index contributed by atoms with van der Waals surface area (Å²) < 4.78 is 11.2. The van der Waals surface area contributed by atoms with Crippen LogP contribution in [0.4, 0.5) is 11.5 Å². The largest absolute Gasteiger partial charge is 0.493 e. The van der Waals surface area contributed by atoms with E-state index in [1.807, 2.05) is 19.1 Å². The number of ether oxygens (including phenoxy) is 2. The maximum atomic E-state index is 13.5. The number of aromatic amines is 1. The van der Waals surface area contributed by atoms with Crippen molar-refractivity contribution in [3.8, 4) is 11.5 Å². The molecule has 0 spiro atoms. The van der Waals surface area contributed by atoms with Crippen molar-refractivity contribution in [2.45, 2.75) is 43.0 Å². The van der Waals surface area contributed by atoms with E-state index in [9.17, 15) is 19.7 Å². The minimum Gasteiger partial charge on any atom is -0.493 e. The van der Waals surface area contributed by atoms with Gasteiger partial charge in [0.05, 0.1) is 24.2 Å². The number of thioether (sulfide) groups is 1. The molecule has 196 valence electrons. The van der Waals surface area contributed by atoms with Crippen molar-refractivity contribution in [3.05, 3.63) is 90.9 Å². The van der Waals surface area contributed by atoms with Crippen LogP contribution in [0.3, 0.4) is 0 Å². The second kappa shape index (κ2) is 10.7. The van der Waals surface area contributed by atoms with E-state index in [1.165, 1.54) is 23.9 Å². The first-order valence-electron chi connectivity index (χ1n) is 12.2.